The summed E-state index contributed by atoms with van der Waals surface area (Å²) >= 11 is 3.54. The van der Waals surface area contributed by atoms with Crippen molar-refractivity contribution in [3.05, 3.63) is 130 Å². The summed E-state index contributed by atoms with van der Waals surface area (Å²) in [5, 5.41) is 14.9. The summed E-state index contributed by atoms with van der Waals surface area (Å²) in [6, 6.07) is 36.3. The summed E-state index contributed by atoms with van der Waals surface area (Å²) in [5.74, 6) is 1.31. The molecule has 0 amide bonds. The lowest BCUT2D eigenvalue weighted by Crippen LogP contribution is -2.33. The fraction of sp³-hybridized carbons (Fsp3) is 0.0345. The molecular weight excluding hydrogens is 460 g/mol. The van der Waals surface area contributed by atoms with Gasteiger partial charge >= 0.3 is 0 Å². The van der Waals surface area contributed by atoms with E-state index in [0.717, 1.165) is 37.7 Å². The molecule has 1 atom stereocenters. The zero-order valence-corrected chi connectivity index (χ0v) is 18.7. The number of para-hydroxylation sites is 1. The maximum Gasteiger partial charge on any atom is 0.148 e. The first-order valence-corrected chi connectivity index (χ1v) is 11.3. The molecule has 0 fully saturated rings. The lowest BCUT2D eigenvalue weighted by Gasteiger charge is -2.37. The van der Waals surface area contributed by atoms with E-state index in [1.165, 1.54) is 5.39 Å². The second-order valence-electron chi connectivity index (χ2n) is 8.02. The lowest BCUT2D eigenvalue weighted by molar-refractivity contribution is 0.113. The highest BCUT2D eigenvalue weighted by molar-refractivity contribution is 9.10. The third kappa shape index (κ3) is 2.82. The van der Waals surface area contributed by atoms with Crippen LogP contribution in [-0.2, 0) is 5.60 Å². The van der Waals surface area contributed by atoms with Crippen molar-refractivity contribution in [2.45, 2.75) is 5.60 Å². The predicted molar refractivity (Wildman–Crippen MR) is 132 cm³/mol. The van der Waals surface area contributed by atoms with Crippen LogP contribution in [0.3, 0.4) is 0 Å². The van der Waals surface area contributed by atoms with Gasteiger partial charge in [-0.2, -0.15) is 0 Å². The van der Waals surface area contributed by atoms with E-state index in [0.29, 0.717) is 11.5 Å². The fourth-order valence-corrected chi connectivity index (χ4v) is 5.12. The number of hydrogen-bond donors (Lipinski definition) is 1. The second kappa shape index (κ2) is 7.33. The normalized spacial score (nSPS) is 16.8. The van der Waals surface area contributed by atoms with Crippen LogP contribution in [0.1, 0.15) is 16.7 Å². The van der Waals surface area contributed by atoms with Crippen molar-refractivity contribution in [3.63, 3.8) is 0 Å². The molecule has 1 heterocycles. The molecule has 3 heteroatoms. The zero-order chi connectivity index (χ0) is 21.7. The highest BCUT2D eigenvalue weighted by Crippen LogP contribution is 2.52. The van der Waals surface area contributed by atoms with Crippen LogP contribution in [0.25, 0.3) is 21.9 Å². The molecule has 2 nitrogen and oxygen atoms in total. The standard InChI is InChI=1S/C29H19BrO2/c30-20-16-17-26-28(18-20)32-27-15-6-5-14-25(27)29(26,31)24-13-4-3-11-23(24)22-12-7-9-19-8-1-2-10-21(19)22/h1-18,31H. The fourth-order valence-electron chi connectivity index (χ4n) is 4.78. The molecule has 5 aromatic rings. The van der Waals surface area contributed by atoms with Crippen LogP contribution in [0, 0.1) is 0 Å². The van der Waals surface area contributed by atoms with Crippen molar-refractivity contribution in [1.82, 2.24) is 0 Å². The molecule has 1 unspecified atom stereocenters. The molecule has 32 heavy (non-hydrogen) atoms. The van der Waals surface area contributed by atoms with E-state index in [1.54, 1.807) is 0 Å². The van der Waals surface area contributed by atoms with E-state index in [9.17, 15) is 5.11 Å². The van der Waals surface area contributed by atoms with E-state index >= 15 is 0 Å². The Labute approximate surface area is 194 Å². The molecule has 1 aliphatic heterocycles. The highest BCUT2D eigenvalue weighted by atomic mass is 79.9. The van der Waals surface area contributed by atoms with Gasteiger partial charge in [-0.05, 0) is 40.1 Å². The molecule has 0 spiro atoms. The average Bonchev–Trinajstić information content (AvgIpc) is 2.83. The molecule has 1 aliphatic rings. The molecule has 0 aromatic heterocycles. The van der Waals surface area contributed by atoms with Gasteiger partial charge < -0.3 is 9.84 Å². The highest BCUT2D eigenvalue weighted by Gasteiger charge is 2.43. The third-order valence-corrected chi connectivity index (χ3v) is 6.72. The van der Waals surface area contributed by atoms with Gasteiger partial charge in [-0.15, -0.1) is 0 Å². The first-order chi connectivity index (χ1) is 15.7. The Bertz CT molecular complexity index is 1480. The molecule has 1 N–H and O–H groups in total. The molecule has 0 saturated carbocycles. The van der Waals surface area contributed by atoms with E-state index in [2.05, 4.69) is 58.4 Å². The van der Waals surface area contributed by atoms with E-state index in [-0.39, 0.29) is 0 Å². The largest absolute Gasteiger partial charge is 0.456 e. The van der Waals surface area contributed by atoms with E-state index in [4.69, 9.17) is 4.74 Å². The molecule has 0 radical (unpaired) electrons. The summed E-state index contributed by atoms with van der Waals surface area (Å²) in [5.41, 5.74) is 3.02. The van der Waals surface area contributed by atoms with Gasteiger partial charge in [0.2, 0.25) is 0 Å². The number of rotatable bonds is 2. The van der Waals surface area contributed by atoms with Crippen LogP contribution in [-0.4, -0.2) is 5.11 Å². The van der Waals surface area contributed by atoms with Gasteiger partial charge in [0.05, 0.1) is 0 Å². The Kier molecular flexibility index (Phi) is 4.42. The van der Waals surface area contributed by atoms with Crippen LogP contribution in [0.2, 0.25) is 0 Å². The Hall–Kier alpha value is -3.40. The van der Waals surface area contributed by atoms with Crippen molar-refractivity contribution in [2.75, 3.05) is 0 Å². The van der Waals surface area contributed by atoms with Crippen molar-refractivity contribution in [2.24, 2.45) is 0 Å². The quantitative estimate of drug-likeness (QED) is 0.282. The molecule has 5 aromatic carbocycles. The van der Waals surface area contributed by atoms with Crippen LogP contribution < -0.4 is 4.74 Å². The third-order valence-electron chi connectivity index (χ3n) is 6.23. The van der Waals surface area contributed by atoms with Crippen molar-refractivity contribution >= 4 is 26.7 Å². The predicted octanol–water partition coefficient (Wildman–Crippen LogP) is 7.66. The van der Waals surface area contributed by atoms with Crippen LogP contribution in [0.5, 0.6) is 11.5 Å². The van der Waals surface area contributed by atoms with Gasteiger partial charge in [0.25, 0.3) is 0 Å². The van der Waals surface area contributed by atoms with Gasteiger partial charge in [-0.25, -0.2) is 0 Å². The number of hydrogen-bond acceptors (Lipinski definition) is 2. The van der Waals surface area contributed by atoms with E-state index < -0.39 is 5.60 Å². The summed E-state index contributed by atoms with van der Waals surface area (Å²) < 4.78 is 7.10. The summed E-state index contributed by atoms with van der Waals surface area (Å²) in [6.07, 6.45) is 0. The summed E-state index contributed by atoms with van der Waals surface area (Å²) in [6.45, 7) is 0. The van der Waals surface area contributed by atoms with Crippen molar-refractivity contribution in [3.8, 4) is 22.6 Å². The molecule has 0 saturated heterocycles. The zero-order valence-electron chi connectivity index (χ0n) is 17.1. The Morgan fingerprint density at radius 1 is 0.594 bits per heavy atom. The van der Waals surface area contributed by atoms with Gasteiger partial charge in [0.1, 0.15) is 17.1 Å². The second-order valence-corrected chi connectivity index (χ2v) is 8.94. The number of benzene rings is 5. The number of halogens is 1. The average molecular weight is 479 g/mol. The van der Waals surface area contributed by atoms with Crippen LogP contribution in [0.4, 0.5) is 0 Å². The van der Waals surface area contributed by atoms with Gasteiger partial charge in [-0.3, -0.25) is 0 Å². The topological polar surface area (TPSA) is 29.5 Å². The number of ether oxygens (including phenoxy) is 1. The smallest absolute Gasteiger partial charge is 0.148 e. The monoisotopic (exact) mass is 478 g/mol. The maximum atomic E-state index is 12.6. The minimum absolute atomic E-state index is 0.647. The minimum Gasteiger partial charge on any atom is -0.456 e. The van der Waals surface area contributed by atoms with Crippen molar-refractivity contribution in [1.29, 1.82) is 0 Å². The van der Waals surface area contributed by atoms with Gasteiger partial charge in [-0.1, -0.05) is 107 Å². The Balaban J connectivity index is 1.69. The van der Waals surface area contributed by atoms with Crippen LogP contribution in [0.15, 0.2) is 114 Å². The first kappa shape index (κ1) is 19.3. The van der Waals surface area contributed by atoms with E-state index in [1.807, 2.05) is 66.7 Å². The number of fused-ring (bicyclic) bond motifs is 3. The van der Waals surface area contributed by atoms with Gasteiger partial charge in [0.15, 0.2) is 0 Å². The molecule has 154 valence electrons. The first-order valence-electron chi connectivity index (χ1n) is 10.5. The molecule has 6 rings (SSSR count). The summed E-state index contributed by atoms with van der Waals surface area (Å²) in [7, 11) is 0. The minimum atomic E-state index is -1.36. The van der Waals surface area contributed by atoms with Gasteiger partial charge in [0, 0.05) is 21.2 Å². The Morgan fingerprint density at radius 2 is 1.25 bits per heavy atom. The van der Waals surface area contributed by atoms with Crippen molar-refractivity contribution < 1.29 is 9.84 Å². The Morgan fingerprint density at radius 3 is 2.16 bits per heavy atom. The molecule has 0 bridgehead atoms. The lowest BCUT2D eigenvalue weighted by atomic mass is 9.75. The molecule has 0 aliphatic carbocycles. The SMILES string of the molecule is OC1(c2ccccc2-c2cccc3ccccc23)c2ccccc2Oc2cc(Br)ccc21. The van der Waals surface area contributed by atoms with Crippen LogP contribution >= 0.6 is 15.9 Å². The molecular formula is C29H19BrO2. The summed E-state index contributed by atoms with van der Waals surface area (Å²) in [4.78, 5) is 0. The maximum absolute atomic E-state index is 12.6. The number of aliphatic hydroxyl groups is 1.